The first kappa shape index (κ1) is 13.5. The number of nitrogens with zero attached hydrogens (tertiary/aromatic N) is 2. The zero-order chi connectivity index (χ0) is 14.1. The fourth-order valence-corrected chi connectivity index (χ4v) is 2.93. The lowest BCUT2D eigenvalue weighted by Crippen LogP contribution is -2.03. The van der Waals surface area contributed by atoms with Gasteiger partial charge in [-0.15, -0.1) is 0 Å². The Morgan fingerprint density at radius 2 is 1.90 bits per heavy atom. The highest BCUT2D eigenvalue weighted by molar-refractivity contribution is 9.10. The minimum absolute atomic E-state index is 0.323. The maximum Gasteiger partial charge on any atom is 0.161 e. The minimum Gasteiger partial charge on any atom is -0.384 e. The Bertz CT molecular complexity index is 639. The molecule has 0 radical (unpaired) electrons. The Morgan fingerprint density at radius 1 is 1.15 bits per heavy atom. The summed E-state index contributed by atoms with van der Waals surface area (Å²) in [7, 11) is 0. The molecular formula is C15H15BrFN3. The third-order valence-corrected chi connectivity index (χ3v) is 4.36. The van der Waals surface area contributed by atoms with Crippen LogP contribution in [-0.2, 0) is 0 Å². The number of anilines is 1. The normalized spacial score (nSPS) is 15.7. The van der Waals surface area contributed by atoms with E-state index in [9.17, 15) is 4.39 Å². The van der Waals surface area contributed by atoms with Crippen LogP contribution in [0, 0.1) is 5.82 Å². The topological polar surface area (TPSA) is 51.8 Å². The van der Waals surface area contributed by atoms with Gasteiger partial charge in [0.15, 0.2) is 5.82 Å². The van der Waals surface area contributed by atoms with Crippen molar-refractivity contribution in [3.8, 4) is 11.4 Å². The Labute approximate surface area is 125 Å². The van der Waals surface area contributed by atoms with E-state index in [0.29, 0.717) is 27.6 Å². The Balaban J connectivity index is 2.02. The Kier molecular flexibility index (Phi) is 3.70. The van der Waals surface area contributed by atoms with Gasteiger partial charge in [-0.1, -0.05) is 12.8 Å². The number of nitrogens with two attached hydrogens (primary N) is 1. The Morgan fingerprint density at radius 3 is 2.60 bits per heavy atom. The van der Waals surface area contributed by atoms with Crippen LogP contribution in [0.2, 0.25) is 0 Å². The summed E-state index contributed by atoms with van der Waals surface area (Å²) in [6, 6.07) is 6.72. The fourth-order valence-electron chi connectivity index (χ4n) is 2.68. The van der Waals surface area contributed by atoms with Crippen LogP contribution >= 0.6 is 15.9 Å². The molecule has 2 aromatic rings. The number of rotatable bonds is 2. The number of hydrogen-bond acceptors (Lipinski definition) is 3. The highest BCUT2D eigenvalue weighted by Crippen LogP contribution is 2.34. The molecule has 0 bridgehead atoms. The highest BCUT2D eigenvalue weighted by Gasteiger charge is 2.20. The molecule has 1 fully saturated rings. The first-order valence-electron chi connectivity index (χ1n) is 6.73. The van der Waals surface area contributed by atoms with Crippen LogP contribution < -0.4 is 5.73 Å². The number of hydrogen-bond donors (Lipinski definition) is 1. The van der Waals surface area contributed by atoms with Gasteiger partial charge in [-0.25, -0.2) is 14.4 Å². The molecule has 0 saturated heterocycles. The van der Waals surface area contributed by atoms with Gasteiger partial charge < -0.3 is 5.73 Å². The molecule has 3 rings (SSSR count). The molecule has 1 saturated carbocycles. The van der Waals surface area contributed by atoms with E-state index in [0.717, 1.165) is 18.5 Å². The van der Waals surface area contributed by atoms with Crippen molar-refractivity contribution in [3.05, 3.63) is 40.2 Å². The average Bonchev–Trinajstić information content (AvgIpc) is 2.95. The summed E-state index contributed by atoms with van der Waals surface area (Å²) in [6.45, 7) is 0. The zero-order valence-corrected chi connectivity index (χ0v) is 12.5. The van der Waals surface area contributed by atoms with Gasteiger partial charge in [-0.3, -0.25) is 0 Å². The van der Waals surface area contributed by atoms with Gasteiger partial charge in [0, 0.05) is 23.2 Å². The lowest BCUT2D eigenvalue weighted by Gasteiger charge is -2.11. The van der Waals surface area contributed by atoms with Gasteiger partial charge >= 0.3 is 0 Å². The van der Waals surface area contributed by atoms with Crippen molar-refractivity contribution in [1.29, 1.82) is 0 Å². The number of halogens is 2. The fraction of sp³-hybridized carbons (Fsp3) is 0.333. The summed E-state index contributed by atoms with van der Waals surface area (Å²) in [6.07, 6.45) is 4.75. The van der Waals surface area contributed by atoms with Crippen LogP contribution in [0.15, 0.2) is 28.7 Å². The van der Waals surface area contributed by atoms with Gasteiger partial charge in [0.1, 0.15) is 11.6 Å². The lowest BCUT2D eigenvalue weighted by atomic mass is 10.0. The molecule has 3 nitrogen and oxygen atoms in total. The van der Waals surface area contributed by atoms with Crippen LogP contribution in [0.3, 0.4) is 0 Å². The molecule has 20 heavy (non-hydrogen) atoms. The van der Waals surface area contributed by atoms with Gasteiger partial charge in [0.25, 0.3) is 0 Å². The average molecular weight is 336 g/mol. The summed E-state index contributed by atoms with van der Waals surface area (Å²) >= 11 is 3.14. The molecule has 0 aliphatic heterocycles. The van der Waals surface area contributed by atoms with E-state index >= 15 is 0 Å². The van der Waals surface area contributed by atoms with Crippen LogP contribution in [0.4, 0.5) is 10.2 Å². The van der Waals surface area contributed by atoms with Crippen molar-refractivity contribution in [1.82, 2.24) is 9.97 Å². The van der Waals surface area contributed by atoms with Crippen molar-refractivity contribution >= 4 is 21.7 Å². The molecule has 0 atom stereocenters. The maximum absolute atomic E-state index is 13.6. The second-order valence-electron chi connectivity index (χ2n) is 5.15. The third-order valence-electron chi connectivity index (χ3n) is 3.72. The largest absolute Gasteiger partial charge is 0.384 e. The van der Waals surface area contributed by atoms with Crippen LogP contribution in [0.5, 0.6) is 0 Å². The molecule has 1 aromatic carbocycles. The number of nitrogen functional groups attached to an aromatic ring is 1. The summed E-state index contributed by atoms with van der Waals surface area (Å²) < 4.78 is 14.1. The highest BCUT2D eigenvalue weighted by atomic mass is 79.9. The monoisotopic (exact) mass is 335 g/mol. The zero-order valence-electron chi connectivity index (χ0n) is 10.9. The Hall–Kier alpha value is -1.49. The predicted molar refractivity (Wildman–Crippen MR) is 80.7 cm³/mol. The lowest BCUT2D eigenvalue weighted by molar-refractivity contribution is 0.621. The maximum atomic E-state index is 13.6. The summed E-state index contributed by atoms with van der Waals surface area (Å²) in [4.78, 5) is 8.81. The molecule has 0 amide bonds. The second-order valence-corrected chi connectivity index (χ2v) is 6.01. The van der Waals surface area contributed by atoms with Crippen molar-refractivity contribution < 1.29 is 4.39 Å². The SMILES string of the molecule is Nc1cc(C2CCCC2)nc(-c2ccc(Br)c(F)c2)n1. The van der Waals surface area contributed by atoms with Crippen molar-refractivity contribution in [2.24, 2.45) is 0 Å². The number of benzene rings is 1. The standard InChI is InChI=1S/C15H15BrFN3/c16-11-6-5-10(7-12(11)17)15-19-13(8-14(18)20-15)9-3-1-2-4-9/h5-9H,1-4H2,(H2,18,19,20). The molecule has 1 aromatic heterocycles. The summed E-state index contributed by atoms with van der Waals surface area (Å²) in [5.41, 5.74) is 7.51. The van der Waals surface area contributed by atoms with Crippen LogP contribution in [0.25, 0.3) is 11.4 Å². The van der Waals surface area contributed by atoms with E-state index in [-0.39, 0.29) is 5.82 Å². The van der Waals surface area contributed by atoms with Crippen LogP contribution in [-0.4, -0.2) is 9.97 Å². The number of aromatic nitrogens is 2. The first-order valence-corrected chi connectivity index (χ1v) is 7.52. The van der Waals surface area contributed by atoms with E-state index < -0.39 is 0 Å². The molecule has 104 valence electrons. The molecule has 1 aliphatic carbocycles. The molecule has 2 N–H and O–H groups in total. The molecule has 1 aliphatic rings. The van der Waals surface area contributed by atoms with E-state index in [2.05, 4.69) is 25.9 Å². The molecule has 0 spiro atoms. The molecular weight excluding hydrogens is 321 g/mol. The minimum atomic E-state index is -0.323. The van der Waals surface area contributed by atoms with Gasteiger partial charge in [0.2, 0.25) is 0 Å². The van der Waals surface area contributed by atoms with Gasteiger partial charge in [0.05, 0.1) is 4.47 Å². The second kappa shape index (κ2) is 5.48. The van der Waals surface area contributed by atoms with Crippen molar-refractivity contribution in [2.75, 3.05) is 5.73 Å². The quantitative estimate of drug-likeness (QED) is 0.890. The van der Waals surface area contributed by atoms with Crippen LogP contribution in [0.1, 0.15) is 37.3 Å². The third kappa shape index (κ3) is 2.68. The van der Waals surface area contributed by atoms with E-state index in [1.807, 2.05) is 6.07 Å². The molecule has 1 heterocycles. The molecule has 0 unspecified atom stereocenters. The van der Waals surface area contributed by atoms with E-state index in [4.69, 9.17) is 5.73 Å². The van der Waals surface area contributed by atoms with Crippen molar-refractivity contribution in [3.63, 3.8) is 0 Å². The predicted octanol–water partition coefficient (Wildman–Crippen LogP) is 4.29. The van der Waals surface area contributed by atoms with Gasteiger partial charge in [-0.2, -0.15) is 0 Å². The smallest absolute Gasteiger partial charge is 0.161 e. The van der Waals surface area contributed by atoms with E-state index in [1.54, 1.807) is 12.1 Å². The van der Waals surface area contributed by atoms with E-state index in [1.165, 1.54) is 18.9 Å². The van der Waals surface area contributed by atoms with Gasteiger partial charge in [-0.05, 0) is 47.0 Å². The molecule has 5 heteroatoms. The summed E-state index contributed by atoms with van der Waals surface area (Å²) in [5.74, 6) is 1.08. The van der Waals surface area contributed by atoms with Crippen molar-refractivity contribution in [2.45, 2.75) is 31.6 Å². The first-order chi connectivity index (χ1) is 9.63. The summed E-state index contributed by atoms with van der Waals surface area (Å²) in [5, 5.41) is 0.